The van der Waals surface area contributed by atoms with Crippen LogP contribution in [0.2, 0.25) is 0 Å². The molecule has 0 unspecified atom stereocenters. The van der Waals surface area contributed by atoms with Crippen LogP contribution in [0.3, 0.4) is 0 Å². The summed E-state index contributed by atoms with van der Waals surface area (Å²) in [5.74, 6) is 0. The molecule has 0 bridgehead atoms. The largest absolute Gasteiger partial charge is 0.380 e. The lowest BCUT2D eigenvalue weighted by atomic mass is 9.90. The van der Waals surface area contributed by atoms with Gasteiger partial charge in [-0.1, -0.05) is 0 Å². The van der Waals surface area contributed by atoms with E-state index < -0.39 is 0 Å². The molecular weight excluding hydrogens is 188 g/mol. The maximum absolute atomic E-state index is 5.38. The van der Waals surface area contributed by atoms with Gasteiger partial charge in [-0.25, -0.2) is 0 Å². The molecule has 0 aliphatic heterocycles. The maximum atomic E-state index is 5.38. The molecule has 0 atom stereocenters. The van der Waals surface area contributed by atoms with Gasteiger partial charge in [-0.3, -0.25) is 0 Å². The van der Waals surface area contributed by atoms with Gasteiger partial charge < -0.3 is 15.0 Å². The topological polar surface area (TPSA) is 24.5 Å². The normalized spacial score (nSPS) is 27.2. The molecule has 1 aliphatic rings. The van der Waals surface area contributed by atoms with Crippen molar-refractivity contribution in [1.29, 1.82) is 0 Å². The summed E-state index contributed by atoms with van der Waals surface area (Å²) in [6, 6.07) is 1.52. The average Bonchev–Trinajstić information content (AvgIpc) is 2.29. The third-order valence-corrected chi connectivity index (χ3v) is 3.52. The van der Waals surface area contributed by atoms with Crippen LogP contribution in [0.1, 0.15) is 32.6 Å². The van der Waals surface area contributed by atoms with Crippen LogP contribution in [0, 0.1) is 0 Å². The van der Waals surface area contributed by atoms with Gasteiger partial charge in [0.2, 0.25) is 0 Å². The van der Waals surface area contributed by atoms with E-state index >= 15 is 0 Å². The van der Waals surface area contributed by atoms with Crippen molar-refractivity contribution in [3.8, 4) is 0 Å². The molecule has 90 valence electrons. The van der Waals surface area contributed by atoms with E-state index in [-0.39, 0.29) is 0 Å². The highest BCUT2D eigenvalue weighted by atomic mass is 16.5. The van der Waals surface area contributed by atoms with Crippen molar-refractivity contribution >= 4 is 0 Å². The van der Waals surface area contributed by atoms with Crippen molar-refractivity contribution in [1.82, 2.24) is 10.2 Å². The average molecular weight is 214 g/mol. The summed E-state index contributed by atoms with van der Waals surface area (Å²) in [5.41, 5.74) is 0. The van der Waals surface area contributed by atoms with E-state index in [0.717, 1.165) is 31.8 Å². The van der Waals surface area contributed by atoms with Crippen molar-refractivity contribution in [3.63, 3.8) is 0 Å². The maximum Gasteiger partial charge on any atom is 0.0593 e. The lowest BCUT2D eigenvalue weighted by Crippen LogP contribution is -2.41. The molecule has 3 heteroatoms. The van der Waals surface area contributed by atoms with Crippen LogP contribution in [0.4, 0.5) is 0 Å². The molecule has 0 aromatic carbocycles. The van der Waals surface area contributed by atoms with Crippen molar-refractivity contribution in [2.45, 2.75) is 44.7 Å². The Morgan fingerprint density at radius 3 is 2.47 bits per heavy atom. The Morgan fingerprint density at radius 1 is 1.27 bits per heavy atom. The summed E-state index contributed by atoms with van der Waals surface area (Å²) in [4.78, 5) is 2.46. The highest BCUT2D eigenvalue weighted by Crippen LogP contribution is 2.21. The second-order valence-electron chi connectivity index (χ2n) is 4.47. The molecule has 1 fully saturated rings. The van der Waals surface area contributed by atoms with Crippen molar-refractivity contribution < 1.29 is 4.74 Å². The second-order valence-corrected chi connectivity index (χ2v) is 4.47. The van der Waals surface area contributed by atoms with Crippen LogP contribution < -0.4 is 5.32 Å². The Morgan fingerprint density at radius 2 is 1.93 bits per heavy atom. The number of rotatable bonds is 6. The van der Waals surface area contributed by atoms with E-state index in [0.29, 0.717) is 0 Å². The quantitative estimate of drug-likeness (QED) is 0.678. The van der Waals surface area contributed by atoms with E-state index in [2.05, 4.69) is 31.2 Å². The molecule has 3 nitrogen and oxygen atoms in total. The number of likely N-dealkylation sites (N-methyl/N-ethyl adjacent to an activating group) is 1. The Kier molecular flexibility index (Phi) is 6.22. The van der Waals surface area contributed by atoms with Crippen LogP contribution in [-0.2, 0) is 4.74 Å². The van der Waals surface area contributed by atoms with Gasteiger partial charge >= 0.3 is 0 Å². The van der Waals surface area contributed by atoms with Crippen LogP contribution >= 0.6 is 0 Å². The first-order valence-corrected chi connectivity index (χ1v) is 6.23. The molecule has 0 aromatic rings. The SMILES string of the molecule is CCOCCN(C)C1CCC(NC)CC1. The van der Waals surface area contributed by atoms with E-state index in [1.807, 2.05) is 0 Å². The van der Waals surface area contributed by atoms with E-state index in [4.69, 9.17) is 4.74 Å². The van der Waals surface area contributed by atoms with Crippen LogP contribution in [0.5, 0.6) is 0 Å². The Hall–Kier alpha value is -0.120. The summed E-state index contributed by atoms with van der Waals surface area (Å²) in [6.07, 6.45) is 5.29. The first kappa shape index (κ1) is 12.9. The van der Waals surface area contributed by atoms with Gasteiger partial charge in [0.1, 0.15) is 0 Å². The van der Waals surface area contributed by atoms with Gasteiger partial charge in [0, 0.05) is 25.2 Å². The zero-order valence-electron chi connectivity index (χ0n) is 10.5. The number of nitrogens with one attached hydrogen (secondary N) is 1. The fourth-order valence-corrected chi connectivity index (χ4v) is 2.34. The molecule has 0 aromatic heterocycles. The van der Waals surface area contributed by atoms with Crippen LogP contribution in [0.15, 0.2) is 0 Å². The minimum absolute atomic E-state index is 0.751. The van der Waals surface area contributed by atoms with Gasteiger partial charge in [0.05, 0.1) is 6.61 Å². The molecule has 1 saturated carbocycles. The highest BCUT2D eigenvalue weighted by molar-refractivity contribution is 4.80. The first-order valence-electron chi connectivity index (χ1n) is 6.23. The van der Waals surface area contributed by atoms with Crippen molar-refractivity contribution in [2.75, 3.05) is 33.9 Å². The summed E-state index contributed by atoms with van der Waals surface area (Å²) < 4.78 is 5.38. The fourth-order valence-electron chi connectivity index (χ4n) is 2.34. The number of hydrogen-bond donors (Lipinski definition) is 1. The Balaban J connectivity index is 2.15. The van der Waals surface area contributed by atoms with Crippen molar-refractivity contribution in [2.24, 2.45) is 0 Å². The summed E-state index contributed by atoms with van der Waals surface area (Å²) in [5, 5.41) is 3.37. The molecule has 0 spiro atoms. The smallest absolute Gasteiger partial charge is 0.0593 e. The standard InChI is InChI=1S/C12H26N2O/c1-4-15-10-9-14(3)12-7-5-11(13-2)6-8-12/h11-13H,4-10H2,1-3H3. The molecule has 1 rings (SSSR count). The summed E-state index contributed by atoms with van der Waals surface area (Å²) in [7, 11) is 4.30. The first-order chi connectivity index (χ1) is 7.27. The predicted octanol–water partition coefficient (Wildman–Crippen LogP) is 1.49. The zero-order valence-corrected chi connectivity index (χ0v) is 10.5. The molecule has 15 heavy (non-hydrogen) atoms. The fraction of sp³-hybridized carbons (Fsp3) is 1.00. The predicted molar refractivity (Wildman–Crippen MR) is 64.2 cm³/mol. The number of ether oxygens (including phenoxy) is 1. The van der Waals surface area contributed by atoms with Crippen LogP contribution in [-0.4, -0.2) is 50.8 Å². The minimum atomic E-state index is 0.751. The van der Waals surface area contributed by atoms with Gasteiger partial charge in [-0.2, -0.15) is 0 Å². The van der Waals surface area contributed by atoms with Gasteiger partial charge in [-0.15, -0.1) is 0 Å². The second kappa shape index (κ2) is 7.20. The molecule has 1 N–H and O–H groups in total. The highest BCUT2D eigenvalue weighted by Gasteiger charge is 2.22. The number of nitrogens with zero attached hydrogens (tertiary/aromatic N) is 1. The van der Waals surface area contributed by atoms with E-state index in [1.54, 1.807) is 0 Å². The molecule has 0 heterocycles. The van der Waals surface area contributed by atoms with Gasteiger partial charge in [0.15, 0.2) is 0 Å². The van der Waals surface area contributed by atoms with Crippen LogP contribution in [0.25, 0.3) is 0 Å². The molecular formula is C12H26N2O. The minimum Gasteiger partial charge on any atom is -0.380 e. The van der Waals surface area contributed by atoms with Crippen molar-refractivity contribution in [3.05, 3.63) is 0 Å². The molecule has 1 aliphatic carbocycles. The number of hydrogen-bond acceptors (Lipinski definition) is 3. The third-order valence-electron chi connectivity index (χ3n) is 3.52. The lowest BCUT2D eigenvalue weighted by molar-refractivity contribution is 0.0944. The Labute approximate surface area is 94.2 Å². The monoisotopic (exact) mass is 214 g/mol. The molecule has 0 saturated heterocycles. The zero-order chi connectivity index (χ0) is 11.1. The lowest BCUT2D eigenvalue weighted by Gasteiger charge is -2.34. The third kappa shape index (κ3) is 4.49. The van der Waals surface area contributed by atoms with Gasteiger partial charge in [-0.05, 0) is 46.7 Å². The van der Waals surface area contributed by atoms with E-state index in [1.165, 1.54) is 25.7 Å². The Bertz CT molecular complexity index is 156. The summed E-state index contributed by atoms with van der Waals surface area (Å²) in [6.45, 7) is 4.83. The van der Waals surface area contributed by atoms with E-state index in [9.17, 15) is 0 Å². The molecule has 0 radical (unpaired) electrons. The summed E-state index contributed by atoms with van der Waals surface area (Å²) >= 11 is 0. The molecule has 0 amide bonds. The van der Waals surface area contributed by atoms with Gasteiger partial charge in [0.25, 0.3) is 0 Å².